The van der Waals surface area contributed by atoms with Gasteiger partial charge in [-0.1, -0.05) is 12.1 Å². The van der Waals surface area contributed by atoms with Crippen LogP contribution in [0.3, 0.4) is 0 Å². The number of alkyl halides is 5. The van der Waals surface area contributed by atoms with E-state index < -0.39 is 36.9 Å². The van der Waals surface area contributed by atoms with Gasteiger partial charge in [0.2, 0.25) is 0 Å². The molecule has 32 heavy (non-hydrogen) atoms. The van der Waals surface area contributed by atoms with E-state index in [-0.39, 0.29) is 23.7 Å². The molecule has 5 nitrogen and oxygen atoms in total. The Labute approximate surface area is 180 Å². The highest BCUT2D eigenvalue weighted by Crippen LogP contribution is 2.38. The van der Waals surface area contributed by atoms with E-state index in [0.717, 1.165) is 0 Å². The number of carbonyl (C=O) groups excluding carboxylic acids is 2. The van der Waals surface area contributed by atoms with Crippen LogP contribution in [-0.4, -0.2) is 37.8 Å². The van der Waals surface area contributed by atoms with Crippen LogP contribution in [0.15, 0.2) is 54.6 Å². The van der Waals surface area contributed by atoms with Crippen molar-refractivity contribution >= 4 is 18.0 Å². The van der Waals surface area contributed by atoms with E-state index in [1.165, 1.54) is 55.7 Å². The summed E-state index contributed by atoms with van der Waals surface area (Å²) in [4.78, 5) is 23.3. The number of rotatable bonds is 9. The van der Waals surface area contributed by atoms with Crippen LogP contribution in [0.2, 0.25) is 0 Å². The van der Waals surface area contributed by atoms with Crippen LogP contribution in [0.1, 0.15) is 28.8 Å². The van der Waals surface area contributed by atoms with Crippen LogP contribution in [0.5, 0.6) is 11.5 Å². The van der Waals surface area contributed by atoms with Crippen LogP contribution < -0.4 is 9.47 Å². The second kappa shape index (κ2) is 10.7. The minimum atomic E-state index is -5.59. The highest BCUT2D eigenvalue weighted by molar-refractivity contribution is 5.91. The number of benzene rings is 2. The van der Waals surface area contributed by atoms with E-state index in [1.807, 2.05) is 0 Å². The van der Waals surface area contributed by atoms with Crippen LogP contribution in [0.25, 0.3) is 6.08 Å². The molecule has 2 rings (SSSR count). The normalized spacial score (nSPS) is 11.9. The number of halogens is 5. The van der Waals surface area contributed by atoms with E-state index >= 15 is 0 Å². The largest absolute Gasteiger partial charge is 0.494 e. The lowest BCUT2D eigenvalue weighted by atomic mass is 10.2. The second-order valence-electron chi connectivity index (χ2n) is 6.49. The van der Waals surface area contributed by atoms with Crippen molar-refractivity contribution in [2.24, 2.45) is 0 Å². The molecule has 172 valence electrons. The van der Waals surface area contributed by atoms with Crippen molar-refractivity contribution in [3.8, 4) is 11.5 Å². The van der Waals surface area contributed by atoms with Crippen LogP contribution in [0.4, 0.5) is 22.0 Å². The first-order valence-electron chi connectivity index (χ1n) is 9.27. The third kappa shape index (κ3) is 7.36. The summed E-state index contributed by atoms with van der Waals surface area (Å²) in [5.41, 5.74) is 0.861. The molecule has 0 radical (unpaired) electrons. The summed E-state index contributed by atoms with van der Waals surface area (Å²) < 4.78 is 76.8. The summed E-state index contributed by atoms with van der Waals surface area (Å²) in [7, 11) is 1.26. The van der Waals surface area contributed by atoms with Crippen molar-refractivity contribution < 1.29 is 45.8 Å². The molecule has 0 bridgehead atoms. The molecule has 0 saturated heterocycles. The zero-order valence-electron chi connectivity index (χ0n) is 16.8. The number of esters is 2. The van der Waals surface area contributed by atoms with Crippen molar-refractivity contribution in [3.63, 3.8) is 0 Å². The van der Waals surface area contributed by atoms with Gasteiger partial charge in [-0.05, 0) is 54.5 Å². The smallest absolute Gasteiger partial charge is 0.453 e. The molecule has 0 atom stereocenters. The van der Waals surface area contributed by atoms with Crippen molar-refractivity contribution in [1.29, 1.82) is 0 Å². The summed E-state index contributed by atoms with van der Waals surface area (Å²) in [5.74, 6) is -5.47. The van der Waals surface area contributed by atoms with Gasteiger partial charge >= 0.3 is 24.0 Å². The number of hydrogen-bond donors (Lipinski definition) is 0. The number of carbonyl (C=O) groups is 2. The Balaban J connectivity index is 1.84. The highest BCUT2D eigenvalue weighted by Gasteiger charge is 2.56. The molecule has 10 heteroatoms. The first-order chi connectivity index (χ1) is 15.0. The highest BCUT2D eigenvalue weighted by atomic mass is 19.4. The van der Waals surface area contributed by atoms with E-state index in [9.17, 15) is 31.5 Å². The van der Waals surface area contributed by atoms with Gasteiger partial charge < -0.3 is 14.2 Å². The maximum absolute atomic E-state index is 12.8. The standard InChI is InChI=1S/C22H19F5O5/c1-30-19(28)12-5-15-3-8-18(9-4-15)32-20(29)16-6-10-17(11-7-16)31-14-2-13-21(23,24)22(25,26)27/h3-12H,2,13-14H2,1H3/b12-5+. The predicted molar refractivity (Wildman–Crippen MR) is 105 cm³/mol. The molecule has 0 saturated carbocycles. The molecule has 0 aliphatic heterocycles. The molecule has 2 aromatic carbocycles. The van der Waals surface area contributed by atoms with Gasteiger partial charge in [-0.25, -0.2) is 9.59 Å². The molecule has 0 aliphatic rings. The van der Waals surface area contributed by atoms with Gasteiger partial charge in [-0.15, -0.1) is 0 Å². The molecule has 0 amide bonds. The lowest BCUT2D eigenvalue weighted by molar-refractivity contribution is -0.284. The zero-order valence-corrected chi connectivity index (χ0v) is 16.8. The second-order valence-corrected chi connectivity index (χ2v) is 6.49. The van der Waals surface area contributed by atoms with E-state index in [2.05, 4.69) is 4.74 Å². The predicted octanol–water partition coefficient (Wildman–Crippen LogP) is 5.45. The van der Waals surface area contributed by atoms with Crippen LogP contribution in [-0.2, 0) is 9.53 Å². The van der Waals surface area contributed by atoms with Crippen molar-refractivity contribution in [3.05, 3.63) is 65.7 Å². The molecule has 0 spiro atoms. The van der Waals surface area contributed by atoms with Crippen molar-refractivity contribution in [2.45, 2.75) is 24.9 Å². The molecule has 0 heterocycles. The average Bonchev–Trinajstić information content (AvgIpc) is 2.75. The zero-order chi connectivity index (χ0) is 23.8. The van der Waals surface area contributed by atoms with Gasteiger partial charge in [0, 0.05) is 12.5 Å². The summed E-state index contributed by atoms with van der Waals surface area (Å²) in [6.45, 7) is -0.341. The topological polar surface area (TPSA) is 61.8 Å². The fourth-order valence-electron chi connectivity index (χ4n) is 2.36. The first-order valence-corrected chi connectivity index (χ1v) is 9.27. The van der Waals surface area contributed by atoms with Gasteiger partial charge in [0.05, 0.1) is 19.3 Å². The van der Waals surface area contributed by atoms with Crippen LogP contribution in [0, 0.1) is 0 Å². The molecule has 0 unspecified atom stereocenters. The quantitative estimate of drug-likeness (QED) is 0.164. The Morgan fingerprint density at radius 1 is 0.906 bits per heavy atom. The minimum Gasteiger partial charge on any atom is -0.494 e. The Hall–Kier alpha value is -3.43. The van der Waals surface area contributed by atoms with Gasteiger partial charge in [0.25, 0.3) is 0 Å². The average molecular weight is 458 g/mol. The Morgan fingerprint density at radius 3 is 2.06 bits per heavy atom. The van der Waals surface area contributed by atoms with Gasteiger partial charge in [-0.2, -0.15) is 22.0 Å². The van der Waals surface area contributed by atoms with Gasteiger partial charge in [-0.3, -0.25) is 0 Å². The number of ether oxygens (including phenoxy) is 3. The number of hydrogen-bond acceptors (Lipinski definition) is 5. The van der Waals surface area contributed by atoms with Crippen molar-refractivity contribution in [2.75, 3.05) is 13.7 Å². The van der Waals surface area contributed by atoms with Gasteiger partial charge in [0.1, 0.15) is 11.5 Å². The van der Waals surface area contributed by atoms with Gasteiger partial charge in [0.15, 0.2) is 0 Å². The number of methoxy groups -OCH3 is 1. The molecule has 0 N–H and O–H groups in total. The monoisotopic (exact) mass is 458 g/mol. The summed E-state index contributed by atoms with van der Waals surface area (Å²) in [6, 6.07) is 11.8. The molecular formula is C22H19F5O5. The summed E-state index contributed by atoms with van der Waals surface area (Å²) in [6.07, 6.45) is -4.69. The molecular weight excluding hydrogens is 439 g/mol. The van der Waals surface area contributed by atoms with E-state index in [1.54, 1.807) is 12.1 Å². The Morgan fingerprint density at radius 2 is 1.50 bits per heavy atom. The third-order valence-electron chi connectivity index (χ3n) is 4.11. The summed E-state index contributed by atoms with van der Waals surface area (Å²) in [5, 5.41) is 0. The fraction of sp³-hybridized carbons (Fsp3) is 0.273. The molecule has 2 aromatic rings. The summed E-state index contributed by atoms with van der Waals surface area (Å²) >= 11 is 0. The van der Waals surface area contributed by atoms with Crippen LogP contribution >= 0.6 is 0 Å². The third-order valence-corrected chi connectivity index (χ3v) is 4.11. The van der Waals surface area contributed by atoms with E-state index in [0.29, 0.717) is 5.56 Å². The Kier molecular flexibility index (Phi) is 8.34. The molecule has 0 fully saturated rings. The molecule has 0 aliphatic carbocycles. The maximum Gasteiger partial charge on any atom is 0.453 e. The fourth-order valence-corrected chi connectivity index (χ4v) is 2.36. The van der Waals surface area contributed by atoms with E-state index in [4.69, 9.17) is 9.47 Å². The Bertz CT molecular complexity index is 935. The molecule has 0 aromatic heterocycles. The SMILES string of the molecule is COC(=O)/C=C/c1ccc(OC(=O)c2ccc(OCCCC(F)(F)C(F)(F)F)cc2)cc1. The minimum absolute atomic E-state index is 0.176. The lowest BCUT2D eigenvalue weighted by Gasteiger charge is -2.19. The lowest BCUT2D eigenvalue weighted by Crippen LogP contribution is -2.36. The maximum atomic E-state index is 12.8. The van der Waals surface area contributed by atoms with Crippen molar-refractivity contribution in [1.82, 2.24) is 0 Å². The first kappa shape index (κ1) is 24.8.